The van der Waals surface area contributed by atoms with E-state index in [1.165, 1.54) is 0 Å². The molecule has 1 aliphatic heterocycles. The van der Waals surface area contributed by atoms with Crippen molar-refractivity contribution in [2.24, 2.45) is 0 Å². The second-order valence-electron chi connectivity index (χ2n) is 4.29. The minimum absolute atomic E-state index is 0.0167. The highest BCUT2D eigenvalue weighted by Gasteiger charge is 2.27. The third kappa shape index (κ3) is 1.74. The summed E-state index contributed by atoms with van der Waals surface area (Å²) in [6.07, 6.45) is 3.38. The van der Waals surface area contributed by atoms with Crippen molar-refractivity contribution in [1.82, 2.24) is 19.9 Å². The Morgan fingerprint density at radius 2 is 2.39 bits per heavy atom. The van der Waals surface area contributed by atoms with Gasteiger partial charge in [0.15, 0.2) is 5.65 Å². The zero-order chi connectivity index (χ0) is 12.7. The first-order valence-corrected chi connectivity index (χ1v) is 6.53. The van der Waals surface area contributed by atoms with Crippen molar-refractivity contribution in [3.8, 4) is 0 Å². The van der Waals surface area contributed by atoms with E-state index in [1.54, 1.807) is 10.8 Å². The van der Waals surface area contributed by atoms with Crippen molar-refractivity contribution >= 4 is 38.9 Å². The minimum Gasteiger partial charge on any atom is -0.369 e. The first kappa shape index (κ1) is 11.5. The van der Waals surface area contributed by atoms with Gasteiger partial charge in [-0.2, -0.15) is 0 Å². The molecule has 0 aromatic carbocycles. The molecule has 0 radical (unpaired) electrons. The number of carbonyl (C=O) groups is 1. The molecule has 1 saturated heterocycles. The summed E-state index contributed by atoms with van der Waals surface area (Å²) in [5.74, 6) is 0.314. The summed E-state index contributed by atoms with van der Waals surface area (Å²) >= 11 is 3.34. The third-order valence-corrected chi connectivity index (χ3v) is 3.53. The zero-order valence-corrected chi connectivity index (χ0v) is 11.1. The molecule has 94 valence electrons. The lowest BCUT2D eigenvalue weighted by molar-refractivity contribution is -0.125. The average Bonchev–Trinajstić information content (AvgIpc) is 2.65. The van der Waals surface area contributed by atoms with E-state index in [0.717, 1.165) is 23.9 Å². The molecule has 1 atom stereocenters. The molecule has 3 N–H and O–H groups in total. The molecule has 0 spiro atoms. The van der Waals surface area contributed by atoms with Gasteiger partial charge in [-0.1, -0.05) is 0 Å². The van der Waals surface area contributed by atoms with Gasteiger partial charge in [0.25, 0.3) is 0 Å². The number of hydrogen-bond donors (Lipinski definition) is 2. The van der Waals surface area contributed by atoms with Gasteiger partial charge in [0.1, 0.15) is 11.6 Å². The molecule has 1 amide bonds. The standard InChI is InChI=1S/C11H12BrN5O/c12-6-4-7-9(15-5-6)17(11(13)16-7)8-2-1-3-14-10(8)18/h4-5,8H,1-3H2,(H2,13,16)(H,14,18). The Hall–Kier alpha value is -1.63. The number of carbonyl (C=O) groups excluding carboxylic acids is 1. The highest BCUT2D eigenvalue weighted by atomic mass is 79.9. The van der Waals surface area contributed by atoms with E-state index in [0.29, 0.717) is 17.1 Å². The summed E-state index contributed by atoms with van der Waals surface area (Å²) in [6.45, 7) is 0.723. The van der Waals surface area contributed by atoms with Gasteiger partial charge in [0, 0.05) is 17.2 Å². The topological polar surface area (TPSA) is 85.8 Å². The molecule has 0 bridgehead atoms. The van der Waals surface area contributed by atoms with Gasteiger partial charge in [-0.3, -0.25) is 9.36 Å². The zero-order valence-electron chi connectivity index (χ0n) is 9.56. The summed E-state index contributed by atoms with van der Waals surface area (Å²) < 4.78 is 2.56. The lowest BCUT2D eigenvalue weighted by Crippen LogP contribution is -2.38. The summed E-state index contributed by atoms with van der Waals surface area (Å²) in [6, 6.07) is 1.54. The molecule has 1 fully saturated rings. The summed E-state index contributed by atoms with van der Waals surface area (Å²) in [4.78, 5) is 20.5. The van der Waals surface area contributed by atoms with E-state index in [4.69, 9.17) is 5.73 Å². The van der Waals surface area contributed by atoms with Crippen LogP contribution in [-0.2, 0) is 4.79 Å². The number of imidazole rings is 1. The highest BCUT2D eigenvalue weighted by Crippen LogP contribution is 2.27. The molecule has 3 heterocycles. The van der Waals surface area contributed by atoms with E-state index < -0.39 is 0 Å². The monoisotopic (exact) mass is 309 g/mol. The van der Waals surface area contributed by atoms with Crippen LogP contribution in [0.25, 0.3) is 11.2 Å². The molecule has 7 heteroatoms. The first-order valence-electron chi connectivity index (χ1n) is 5.73. The Kier molecular flexibility index (Phi) is 2.70. The second kappa shape index (κ2) is 4.24. The molecule has 6 nitrogen and oxygen atoms in total. The number of rotatable bonds is 1. The fourth-order valence-electron chi connectivity index (χ4n) is 2.28. The normalized spacial score (nSPS) is 20.1. The van der Waals surface area contributed by atoms with Crippen molar-refractivity contribution in [1.29, 1.82) is 0 Å². The van der Waals surface area contributed by atoms with Crippen molar-refractivity contribution in [2.75, 3.05) is 12.3 Å². The number of fused-ring (bicyclic) bond motifs is 1. The number of piperidine rings is 1. The summed E-state index contributed by atoms with van der Waals surface area (Å²) in [7, 11) is 0. The van der Waals surface area contributed by atoms with Crippen LogP contribution in [0.4, 0.5) is 5.95 Å². The summed E-state index contributed by atoms with van der Waals surface area (Å²) in [5.41, 5.74) is 7.26. The molecular formula is C11H12BrN5O. The van der Waals surface area contributed by atoms with Crippen LogP contribution in [0.2, 0.25) is 0 Å². The molecule has 1 unspecified atom stereocenters. The maximum absolute atomic E-state index is 11.9. The Morgan fingerprint density at radius 3 is 3.17 bits per heavy atom. The molecular weight excluding hydrogens is 298 g/mol. The Morgan fingerprint density at radius 1 is 1.56 bits per heavy atom. The number of pyridine rings is 1. The number of nitrogens with one attached hydrogen (secondary N) is 1. The number of anilines is 1. The van der Waals surface area contributed by atoms with E-state index in [1.807, 2.05) is 6.07 Å². The number of hydrogen-bond acceptors (Lipinski definition) is 4. The van der Waals surface area contributed by atoms with Gasteiger partial charge in [-0.05, 0) is 34.8 Å². The second-order valence-corrected chi connectivity index (χ2v) is 5.20. The Bertz CT molecular complexity index is 623. The van der Waals surface area contributed by atoms with Crippen LogP contribution in [-0.4, -0.2) is 27.0 Å². The fourth-order valence-corrected chi connectivity index (χ4v) is 2.60. The Labute approximate surface area is 112 Å². The maximum Gasteiger partial charge on any atom is 0.243 e. The van der Waals surface area contributed by atoms with E-state index in [2.05, 4.69) is 31.2 Å². The van der Waals surface area contributed by atoms with Crippen LogP contribution in [0.1, 0.15) is 18.9 Å². The predicted molar refractivity (Wildman–Crippen MR) is 70.9 cm³/mol. The predicted octanol–water partition coefficient (Wildman–Crippen LogP) is 1.23. The number of aromatic nitrogens is 3. The van der Waals surface area contributed by atoms with Gasteiger partial charge in [-0.15, -0.1) is 0 Å². The summed E-state index contributed by atoms with van der Waals surface area (Å²) in [5, 5.41) is 2.84. The number of nitrogens with two attached hydrogens (primary N) is 1. The Balaban J connectivity index is 2.15. The van der Waals surface area contributed by atoms with Gasteiger partial charge >= 0.3 is 0 Å². The average molecular weight is 310 g/mol. The third-order valence-electron chi connectivity index (χ3n) is 3.09. The lowest BCUT2D eigenvalue weighted by Gasteiger charge is -2.23. The largest absolute Gasteiger partial charge is 0.369 e. The van der Waals surface area contributed by atoms with Crippen molar-refractivity contribution < 1.29 is 4.79 Å². The maximum atomic E-state index is 11.9. The molecule has 2 aromatic heterocycles. The smallest absolute Gasteiger partial charge is 0.243 e. The molecule has 18 heavy (non-hydrogen) atoms. The van der Waals surface area contributed by atoms with E-state index in [9.17, 15) is 4.79 Å². The van der Waals surface area contributed by atoms with E-state index >= 15 is 0 Å². The van der Waals surface area contributed by atoms with Crippen LogP contribution in [0, 0.1) is 0 Å². The van der Waals surface area contributed by atoms with Gasteiger partial charge in [-0.25, -0.2) is 9.97 Å². The van der Waals surface area contributed by atoms with Gasteiger partial charge in [0.05, 0.1) is 0 Å². The lowest BCUT2D eigenvalue weighted by atomic mass is 10.1. The minimum atomic E-state index is -0.308. The van der Waals surface area contributed by atoms with Gasteiger partial charge < -0.3 is 11.1 Å². The van der Waals surface area contributed by atoms with Crippen LogP contribution < -0.4 is 11.1 Å². The number of amides is 1. The number of nitrogens with zero attached hydrogens (tertiary/aromatic N) is 3. The molecule has 1 aliphatic rings. The van der Waals surface area contributed by atoms with Crippen LogP contribution in [0.3, 0.4) is 0 Å². The SMILES string of the molecule is Nc1nc2cc(Br)cnc2n1C1CCCNC1=O. The quantitative estimate of drug-likeness (QED) is 0.829. The number of nitrogen functional groups attached to an aromatic ring is 1. The van der Waals surface area contributed by atoms with Crippen LogP contribution >= 0.6 is 15.9 Å². The van der Waals surface area contributed by atoms with Crippen LogP contribution in [0.15, 0.2) is 16.7 Å². The highest BCUT2D eigenvalue weighted by molar-refractivity contribution is 9.10. The number of halogens is 1. The molecule has 2 aromatic rings. The first-order chi connectivity index (χ1) is 8.66. The molecule has 0 saturated carbocycles. The van der Waals surface area contributed by atoms with Crippen molar-refractivity contribution in [2.45, 2.75) is 18.9 Å². The molecule has 3 rings (SSSR count). The van der Waals surface area contributed by atoms with Gasteiger partial charge in [0.2, 0.25) is 11.9 Å². The fraction of sp³-hybridized carbons (Fsp3) is 0.364. The van der Waals surface area contributed by atoms with E-state index in [-0.39, 0.29) is 11.9 Å². The van der Waals surface area contributed by atoms with Crippen molar-refractivity contribution in [3.63, 3.8) is 0 Å². The van der Waals surface area contributed by atoms with Crippen LogP contribution in [0.5, 0.6) is 0 Å². The molecule has 0 aliphatic carbocycles. The van der Waals surface area contributed by atoms with Crippen molar-refractivity contribution in [3.05, 3.63) is 16.7 Å².